The third-order valence-corrected chi connectivity index (χ3v) is 5.23. The fourth-order valence-corrected chi connectivity index (χ4v) is 3.58. The maximum atomic E-state index is 12.5. The van der Waals surface area contributed by atoms with E-state index in [-0.39, 0.29) is 11.5 Å². The van der Waals surface area contributed by atoms with Gasteiger partial charge in [0.05, 0.1) is 12.0 Å². The lowest BCUT2D eigenvalue weighted by Crippen LogP contribution is -2.24. The Bertz CT molecular complexity index is 1040. The van der Waals surface area contributed by atoms with Crippen molar-refractivity contribution in [2.45, 2.75) is 38.5 Å². The minimum absolute atomic E-state index is 0.132. The summed E-state index contributed by atoms with van der Waals surface area (Å²) in [5, 5.41) is 8.12. The summed E-state index contributed by atoms with van der Waals surface area (Å²) in [7, 11) is 0. The summed E-state index contributed by atoms with van der Waals surface area (Å²) in [4.78, 5) is 32.2. The topological polar surface area (TPSA) is 106 Å². The molecule has 0 atom stereocenters. The zero-order valence-electron chi connectivity index (χ0n) is 15.2. The molecule has 0 aromatic carbocycles. The van der Waals surface area contributed by atoms with Gasteiger partial charge in [0.2, 0.25) is 11.9 Å². The van der Waals surface area contributed by atoms with E-state index in [1.807, 2.05) is 0 Å². The van der Waals surface area contributed by atoms with Gasteiger partial charge in [0.1, 0.15) is 11.5 Å². The normalized spacial score (nSPS) is 13.3. The summed E-state index contributed by atoms with van der Waals surface area (Å²) in [6.07, 6.45) is 6.17. The molecule has 0 unspecified atom stereocenters. The molecule has 3 aromatic rings. The minimum Gasteiger partial charge on any atom is -0.463 e. The molecule has 0 fully saturated rings. The molecule has 1 aliphatic carbocycles. The van der Waals surface area contributed by atoms with Gasteiger partial charge in [0.25, 0.3) is 5.56 Å². The Hall–Kier alpha value is -2.68. The summed E-state index contributed by atoms with van der Waals surface area (Å²) in [5.74, 6) is 1.16. The number of aromatic nitrogens is 4. The van der Waals surface area contributed by atoms with Crippen molar-refractivity contribution < 1.29 is 9.21 Å². The first-order chi connectivity index (χ1) is 13.7. The van der Waals surface area contributed by atoms with Crippen molar-refractivity contribution in [3.8, 4) is 17.4 Å². The van der Waals surface area contributed by atoms with Crippen LogP contribution in [0.3, 0.4) is 0 Å². The van der Waals surface area contributed by atoms with Crippen LogP contribution in [-0.4, -0.2) is 31.0 Å². The average molecular weight is 446 g/mol. The first-order valence-electron chi connectivity index (χ1n) is 9.28. The number of aromatic amines is 1. The fourth-order valence-electron chi connectivity index (χ4n) is 3.30. The lowest BCUT2D eigenvalue weighted by Gasteiger charge is -2.15. The molecular formula is C19H20BrN5O3. The van der Waals surface area contributed by atoms with E-state index in [0.717, 1.165) is 48.7 Å². The van der Waals surface area contributed by atoms with Gasteiger partial charge in [-0.2, -0.15) is 9.78 Å². The zero-order chi connectivity index (χ0) is 19.5. The van der Waals surface area contributed by atoms with Crippen molar-refractivity contribution in [1.29, 1.82) is 0 Å². The van der Waals surface area contributed by atoms with Crippen LogP contribution in [0.1, 0.15) is 36.9 Å². The third kappa shape index (κ3) is 3.80. The van der Waals surface area contributed by atoms with Crippen LogP contribution < -0.4 is 10.9 Å². The molecule has 0 radical (unpaired) electrons. The number of hydrogen-bond acceptors (Lipinski definition) is 5. The lowest BCUT2D eigenvalue weighted by atomic mass is 9.97. The van der Waals surface area contributed by atoms with Gasteiger partial charge in [0, 0.05) is 23.4 Å². The van der Waals surface area contributed by atoms with E-state index in [0.29, 0.717) is 29.6 Å². The number of anilines is 1. The molecule has 146 valence electrons. The number of amides is 1. The van der Waals surface area contributed by atoms with Gasteiger partial charge in [-0.05, 0) is 44.2 Å². The van der Waals surface area contributed by atoms with Gasteiger partial charge in [-0.15, -0.1) is 0 Å². The molecule has 9 heteroatoms. The van der Waals surface area contributed by atoms with E-state index >= 15 is 0 Å². The van der Waals surface area contributed by atoms with E-state index < -0.39 is 0 Å². The summed E-state index contributed by atoms with van der Waals surface area (Å²) in [6, 6.07) is 5.26. The van der Waals surface area contributed by atoms with Crippen molar-refractivity contribution in [2.75, 3.05) is 10.6 Å². The Kier molecular flexibility index (Phi) is 5.43. The molecule has 2 N–H and O–H groups in total. The highest BCUT2D eigenvalue weighted by Crippen LogP contribution is 2.25. The highest BCUT2D eigenvalue weighted by molar-refractivity contribution is 9.09. The number of aryl methyl sites for hydroxylation is 1. The number of nitrogens with one attached hydrogen (secondary N) is 2. The van der Waals surface area contributed by atoms with Crippen molar-refractivity contribution in [3.63, 3.8) is 0 Å². The second-order valence-electron chi connectivity index (χ2n) is 6.67. The number of carbonyl (C=O) groups is 1. The lowest BCUT2D eigenvalue weighted by molar-refractivity contribution is -0.116. The van der Waals surface area contributed by atoms with Crippen molar-refractivity contribution in [3.05, 3.63) is 46.1 Å². The Balaban J connectivity index is 1.75. The Morgan fingerprint density at radius 2 is 2.21 bits per heavy atom. The first-order valence-corrected chi connectivity index (χ1v) is 10.4. The van der Waals surface area contributed by atoms with Crippen LogP contribution in [-0.2, 0) is 17.6 Å². The number of nitrogens with zero attached hydrogens (tertiary/aromatic N) is 3. The van der Waals surface area contributed by atoms with E-state index in [2.05, 4.69) is 36.3 Å². The van der Waals surface area contributed by atoms with Crippen LogP contribution in [0.2, 0.25) is 0 Å². The summed E-state index contributed by atoms with van der Waals surface area (Å²) in [5.41, 5.74) is 1.94. The number of rotatable bonds is 6. The van der Waals surface area contributed by atoms with E-state index in [9.17, 15) is 9.59 Å². The average Bonchev–Trinajstić information content (AvgIpc) is 3.36. The molecule has 0 bridgehead atoms. The molecule has 0 spiro atoms. The van der Waals surface area contributed by atoms with Gasteiger partial charge in [-0.3, -0.25) is 14.6 Å². The zero-order valence-corrected chi connectivity index (χ0v) is 16.8. The molecule has 0 saturated carbocycles. The number of hydrogen-bond donors (Lipinski definition) is 2. The largest absolute Gasteiger partial charge is 0.463 e. The predicted molar refractivity (Wildman–Crippen MR) is 108 cm³/mol. The molecule has 1 amide bonds. The van der Waals surface area contributed by atoms with Gasteiger partial charge >= 0.3 is 0 Å². The van der Waals surface area contributed by atoms with Crippen molar-refractivity contribution >= 4 is 27.7 Å². The summed E-state index contributed by atoms with van der Waals surface area (Å²) < 4.78 is 6.88. The Morgan fingerprint density at radius 1 is 1.36 bits per heavy atom. The van der Waals surface area contributed by atoms with Gasteiger partial charge in [0.15, 0.2) is 5.76 Å². The second kappa shape index (κ2) is 8.14. The molecule has 8 nitrogen and oxygen atoms in total. The van der Waals surface area contributed by atoms with Crippen molar-refractivity contribution in [2.24, 2.45) is 0 Å². The smallest absolute Gasteiger partial charge is 0.255 e. The standard InChI is InChI=1S/C19H20BrN5O3/c20-9-3-8-17(26)22-16-11-14(15-7-4-10-28-15)24-25(16)19-21-13-6-2-1-5-12(13)18(27)23-19/h4,7,10-11H,1-3,5-6,8-9H2,(H,22,26)(H,21,23,27). The number of fused-ring (bicyclic) bond motifs is 1. The van der Waals surface area contributed by atoms with Gasteiger partial charge in [-0.25, -0.2) is 4.98 Å². The molecule has 3 heterocycles. The van der Waals surface area contributed by atoms with Gasteiger partial charge < -0.3 is 9.73 Å². The molecule has 0 saturated heterocycles. The number of furan rings is 1. The van der Waals surface area contributed by atoms with Gasteiger partial charge in [-0.1, -0.05) is 15.9 Å². The molecule has 28 heavy (non-hydrogen) atoms. The van der Waals surface area contributed by atoms with Crippen LogP contribution in [0, 0.1) is 0 Å². The van der Waals surface area contributed by atoms with E-state index in [4.69, 9.17) is 4.42 Å². The molecular weight excluding hydrogens is 426 g/mol. The molecule has 4 rings (SSSR count). The predicted octanol–water partition coefficient (Wildman–Crippen LogP) is 3.21. The summed E-state index contributed by atoms with van der Waals surface area (Å²) in [6.45, 7) is 0. The maximum Gasteiger partial charge on any atom is 0.255 e. The number of carbonyl (C=O) groups excluding carboxylic acids is 1. The van der Waals surface area contributed by atoms with Crippen LogP contribution in [0.5, 0.6) is 0 Å². The minimum atomic E-state index is -0.147. The van der Waals surface area contributed by atoms with E-state index in [1.54, 1.807) is 24.5 Å². The van der Waals surface area contributed by atoms with E-state index in [1.165, 1.54) is 4.68 Å². The number of halogens is 1. The van der Waals surface area contributed by atoms with Crippen LogP contribution in [0.25, 0.3) is 17.4 Å². The second-order valence-corrected chi connectivity index (χ2v) is 7.46. The number of H-pyrrole nitrogens is 1. The van der Waals surface area contributed by atoms with Crippen LogP contribution in [0.4, 0.5) is 5.82 Å². The Morgan fingerprint density at radius 3 is 3.00 bits per heavy atom. The monoisotopic (exact) mass is 445 g/mol. The molecule has 3 aromatic heterocycles. The highest BCUT2D eigenvalue weighted by atomic mass is 79.9. The maximum absolute atomic E-state index is 12.5. The molecule has 1 aliphatic rings. The fraction of sp³-hybridized carbons (Fsp3) is 0.368. The SMILES string of the molecule is O=C(CCCBr)Nc1cc(-c2ccco2)nn1-c1nc2c(c(=O)[nH]1)CCCC2. The third-order valence-electron chi connectivity index (χ3n) is 4.67. The first kappa shape index (κ1) is 18.7. The summed E-state index contributed by atoms with van der Waals surface area (Å²) >= 11 is 3.33. The number of alkyl halides is 1. The van der Waals surface area contributed by atoms with Crippen molar-refractivity contribution in [1.82, 2.24) is 19.7 Å². The van der Waals surface area contributed by atoms with Crippen LogP contribution >= 0.6 is 15.9 Å². The Labute approximate surface area is 169 Å². The van der Waals surface area contributed by atoms with Crippen LogP contribution in [0.15, 0.2) is 33.7 Å². The molecule has 0 aliphatic heterocycles. The quantitative estimate of drug-likeness (QED) is 0.566. The highest BCUT2D eigenvalue weighted by Gasteiger charge is 2.20.